The van der Waals surface area contributed by atoms with E-state index in [2.05, 4.69) is 32.6 Å². The number of hydrogen-bond donors (Lipinski definition) is 4. The van der Waals surface area contributed by atoms with Gasteiger partial charge in [-0.1, -0.05) is 0 Å². The summed E-state index contributed by atoms with van der Waals surface area (Å²) >= 11 is 0. The number of aromatic nitrogens is 2. The minimum absolute atomic E-state index is 0.0377. The smallest absolute Gasteiger partial charge is 0.475 e. The maximum absolute atomic E-state index is 13.5. The van der Waals surface area contributed by atoms with Gasteiger partial charge in [0.1, 0.15) is 6.04 Å². The standard InChI is InChI=1S/C32H48N6O3.2C2HF3O2/c1-22(2)37-29-20-26(3-4-27(29)38(32(37)41)28-5-6-30(39)34-31(28)40)36-17-11-25(12-18-36)21-35-15-9-24(10-16-35)19-23-7-13-33-14-8-23;2*3-2(4,5)1(6)7/h3-4,20,22-25,28,33H,5-19,21H2,1-2H3,(H,34,39,40);2*(H,6,7). The van der Waals surface area contributed by atoms with Gasteiger partial charge in [0, 0.05) is 37.8 Å². The Kier molecular flexibility index (Phi) is 14.8. The van der Waals surface area contributed by atoms with Crippen molar-refractivity contribution in [2.75, 3.05) is 50.7 Å². The number of imidazole rings is 1. The van der Waals surface area contributed by atoms with E-state index in [0.29, 0.717) is 6.42 Å². The number of likely N-dealkylation sites (tertiary alicyclic amines) is 1. The fourth-order valence-corrected chi connectivity index (χ4v) is 7.89. The summed E-state index contributed by atoms with van der Waals surface area (Å²) in [7, 11) is 0. The normalized spacial score (nSPS) is 21.1. The Morgan fingerprint density at radius 1 is 0.782 bits per heavy atom. The van der Waals surface area contributed by atoms with Crippen LogP contribution >= 0.6 is 0 Å². The molecule has 0 saturated carbocycles. The number of halogens is 6. The number of nitrogens with zero attached hydrogens (tertiary/aromatic N) is 4. The maximum atomic E-state index is 13.5. The predicted molar refractivity (Wildman–Crippen MR) is 190 cm³/mol. The van der Waals surface area contributed by atoms with Crippen molar-refractivity contribution in [3.63, 3.8) is 0 Å². The number of carbonyl (C=O) groups is 4. The van der Waals surface area contributed by atoms with Crippen LogP contribution in [-0.4, -0.2) is 106 Å². The molecule has 2 aromatic rings. The SMILES string of the molecule is CC(C)n1c(=O)n(C2CCC(=O)NC2=O)c2ccc(N3CCC(CN4CCC(CC5CCNCC5)CC4)CC3)cc21.O=C(O)C(F)(F)F.O=C(O)C(F)(F)F. The largest absolute Gasteiger partial charge is 0.490 e. The Labute approximate surface area is 314 Å². The molecule has 308 valence electrons. The Balaban J connectivity index is 0.000000410. The first-order chi connectivity index (χ1) is 25.8. The Morgan fingerprint density at radius 3 is 1.82 bits per heavy atom. The van der Waals surface area contributed by atoms with Crippen molar-refractivity contribution in [1.82, 2.24) is 24.7 Å². The molecular formula is C36H50F6N6O7. The molecule has 1 unspecified atom stereocenters. The van der Waals surface area contributed by atoms with Crippen molar-refractivity contribution in [1.29, 1.82) is 0 Å². The molecule has 4 aliphatic rings. The van der Waals surface area contributed by atoms with Gasteiger partial charge in [0.2, 0.25) is 11.8 Å². The van der Waals surface area contributed by atoms with Crippen molar-refractivity contribution in [3.8, 4) is 0 Å². The summed E-state index contributed by atoms with van der Waals surface area (Å²) in [5, 5.41) is 20.2. The summed E-state index contributed by atoms with van der Waals surface area (Å²) in [6.45, 7) is 12.3. The van der Waals surface area contributed by atoms with Crippen LogP contribution in [0.1, 0.15) is 83.7 Å². The maximum Gasteiger partial charge on any atom is 0.490 e. The predicted octanol–water partition coefficient (Wildman–Crippen LogP) is 4.95. The van der Waals surface area contributed by atoms with Crippen LogP contribution in [0.5, 0.6) is 0 Å². The topological polar surface area (TPSA) is 166 Å². The molecule has 4 aliphatic heterocycles. The monoisotopic (exact) mass is 792 g/mol. The fraction of sp³-hybridized carbons (Fsp3) is 0.694. The van der Waals surface area contributed by atoms with E-state index >= 15 is 0 Å². The van der Waals surface area contributed by atoms with Gasteiger partial charge in [-0.15, -0.1) is 0 Å². The number of anilines is 1. The number of piperidine rings is 4. The van der Waals surface area contributed by atoms with Crippen LogP contribution < -0.4 is 21.2 Å². The average molecular weight is 793 g/mol. The third-order valence-electron chi connectivity index (χ3n) is 10.7. The molecule has 1 aromatic heterocycles. The van der Waals surface area contributed by atoms with Crippen LogP contribution in [0.4, 0.5) is 32.0 Å². The lowest BCUT2D eigenvalue weighted by atomic mass is 9.83. The number of carboxylic acids is 2. The van der Waals surface area contributed by atoms with Crippen LogP contribution in [0.15, 0.2) is 23.0 Å². The number of carbonyl (C=O) groups excluding carboxylic acids is 2. The van der Waals surface area contributed by atoms with Gasteiger partial charge < -0.3 is 25.3 Å². The number of alkyl halides is 6. The number of imide groups is 1. The molecule has 19 heteroatoms. The summed E-state index contributed by atoms with van der Waals surface area (Å²) < 4.78 is 66.9. The molecule has 2 amide bonds. The van der Waals surface area contributed by atoms with Gasteiger partial charge in [0.15, 0.2) is 0 Å². The zero-order valence-corrected chi connectivity index (χ0v) is 30.9. The quantitative estimate of drug-likeness (QED) is 0.223. The third-order valence-corrected chi connectivity index (χ3v) is 10.7. The van der Waals surface area contributed by atoms with Gasteiger partial charge in [0.05, 0.1) is 11.0 Å². The average Bonchev–Trinajstić information content (AvgIpc) is 3.40. The Morgan fingerprint density at radius 2 is 1.31 bits per heavy atom. The van der Waals surface area contributed by atoms with Crippen LogP contribution in [0.25, 0.3) is 11.0 Å². The molecule has 55 heavy (non-hydrogen) atoms. The van der Waals surface area contributed by atoms with E-state index in [9.17, 15) is 40.7 Å². The number of nitrogens with one attached hydrogen (secondary N) is 2. The van der Waals surface area contributed by atoms with Crippen LogP contribution in [-0.2, 0) is 19.2 Å². The van der Waals surface area contributed by atoms with E-state index < -0.39 is 30.3 Å². The zero-order valence-electron chi connectivity index (χ0n) is 30.9. The van der Waals surface area contributed by atoms with Crippen molar-refractivity contribution >= 4 is 40.5 Å². The lowest BCUT2D eigenvalue weighted by Crippen LogP contribution is -2.44. The first kappa shape index (κ1) is 43.6. The van der Waals surface area contributed by atoms with E-state index in [-0.39, 0.29) is 30.0 Å². The van der Waals surface area contributed by atoms with Gasteiger partial charge in [-0.05, 0) is 127 Å². The lowest BCUT2D eigenvalue weighted by molar-refractivity contribution is -0.193. The van der Waals surface area contributed by atoms with Crippen LogP contribution in [0.2, 0.25) is 0 Å². The summed E-state index contributed by atoms with van der Waals surface area (Å²) in [5.74, 6) is -3.54. The summed E-state index contributed by atoms with van der Waals surface area (Å²) in [6.07, 6.45) is -0.243. The second-order valence-corrected chi connectivity index (χ2v) is 15.0. The molecule has 13 nitrogen and oxygen atoms in total. The highest BCUT2D eigenvalue weighted by atomic mass is 19.4. The molecule has 0 radical (unpaired) electrons. The number of fused-ring (bicyclic) bond motifs is 1. The second-order valence-electron chi connectivity index (χ2n) is 15.0. The van der Waals surface area contributed by atoms with Gasteiger partial charge in [-0.2, -0.15) is 26.3 Å². The number of rotatable bonds is 7. The highest BCUT2D eigenvalue weighted by Gasteiger charge is 2.39. The molecule has 0 aliphatic carbocycles. The molecule has 4 saturated heterocycles. The second kappa shape index (κ2) is 18.7. The van der Waals surface area contributed by atoms with Gasteiger partial charge in [-0.3, -0.25) is 24.0 Å². The van der Waals surface area contributed by atoms with Crippen molar-refractivity contribution in [2.45, 2.75) is 96.1 Å². The molecule has 0 spiro atoms. The fourth-order valence-electron chi connectivity index (χ4n) is 7.89. The number of benzene rings is 1. The number of amides is 2. The van der Waals surface area contributed by atoms with E-state index in [1.54, 1.807) is 9.13 Å². The highest BCUT2D eigenvalue weighted by Crippen LogP contribution is 2.32. The summed E-state index contributed by atoms with van der Waals surface area (Å²) in [4.78, 5) is 60.9. The minimum atomic E-state index is -5.08. The van der Waals surface area contributed by atoms with Crippen LogP contribution in [0.3, 0.4) is 0 Å². The molecular weight excluding hydrogens is 742 g/mol. The Hall–Kier alpha value is -4.13. The summed E-state index contributed by atoms with van der Waals surface area (Å²) in [5.41, 5.74) is 2.59. The molecule has 1 atom stereocenters. The van der Waals surface area contributed by atoms with Crippen molar-refractivity contribution in [2.24, 2.45) is 17.8 Å². The van der Waals surface area contributed by atoms with E-state index in [1.165, 1.54) is 77.7 Å². The highest BCUT2D eigenvalue weighted by molar-refractivity contribution is 6.00. The number of aliphatic carboxylic acids is 2. The molecule has 6 rings (SSSR count). The minimum Gasteiger partial charge on any atom is -0.475 e. The van der Waals surface area contributed by atoms with E-state index in [1.807, 2.05) is 19.9 Å². The van der Waals surface area contributed by atoms with Gasteiger partial charge in [-0.25, -0.2) is 14.4 Å². The van der Waals surface area contributed by atoms with Crippen molar-refractivity contribution < 1.29 is 55.7 Å². The first-order valence-electron chi connectivity index (χ1n) is 18.6. The zero-order chi connectivity index (χ0) is 40.7. The van der Waals surface area contributed by atoms with E-state index in [0.717, 1.165) is 47.6 Å². The van der Waals surface area contributed by atoms with Crippen molar-refractivity contribution in [3.05, 3.63) is 28.7 Å². The van der Waals surface area contributed by atoms with Crippen LogP contribution in [0, 0.1) is 17.8 Å². The Bertz CT molecular complexity index is 1680. The molecule has 1 aromatic carbocycles. The van der Waals surface area contributed by atoms with Gasteiger partial charge in [0.25, 0.3) is 0 Å². The number of carboxylic acid groups (broad SMARTS) is 2. The lowest BCUT2D eigenvalue weighted by Gasteiger charge is -2.39. The summed E-state index contributed by atoms with van der Waals surface area (Å²) in [6, 6.07) is 5.53. The first-order valence-corrected chi connectivity index (χ1v) is 18.6. The molecule has 0 bridgehead atoms. The van der Waals surface area contributed by atoms with E-state index in [4.69, 9.17) is 19.8 Å². The number of hydrogen-bond acceptors (Lipinski definition) is 8. The van der Waals surface area contributed by atoms with Gasteiger partial charge >= 0.3 is 30.0 Å². The molecule has 5 heterocycles. The third kappa shape index (κ3) is 11.9. The molecule has 4 fully saturated rings. The molecule has 4 N–H and O–H groups in total.